The largest absolute Gasteiger partial charge is 0.503 e. The Hall–Kier alpha value is -2.16. The zero-order chi connectivity index (χ0) is 22.6. The number of nitrogens with one attached hydrogen (secondary N) is 1. The van der Waals surface area contributed by atoms with Crippen LogP contribution in [0.15, 0.2) is 33.7 Å². The van der Waals surface area contributed by atoms with Crippen LogP contribution < -0.4 is 10.7 Å². The molecule has 4 rings (SSSR count). The lowest BCUT2D eigenvalue weighted by Gasteiger charge is -2.51. The Morgan fingerprint density at radius 3 is 2.74 bits per heavy atom. The van der Waals surface area contributed by atoms with Crippen LogP contribution in [0.1, 0.15) is 59.0 Å². The molecule has 2 aliphatic rings. The topological polar surface area (TPSA) is 109 Å². The van der Waals surface area contributed by atoms with Gasteiger partial charge in [0.15, 0.2) is 11.5 Å². The van der Waals surface area contributed by atoms with E-state index in [0.717, 1.165) is 12.8 Å². The van der Waals surface area contributed by atoms with Crippen molar-refractivity contribution in [3.05, 3.63) is 60.9 Å². The average molecular weight is 510 g/mol. The molecule has 164 valence electrons. The lowest BCUT2D eigenvalue weighted by molar-refractivity contribution is -0.104. The van der Waals surface area contributed by atoms with Gasteiger partial charge in [-0.3, -0.25) is 14.4 Å². The molecule has 0 radical (unpaired) electrons. The monoisotopic (exact) mass is 508 g/mol. The molecule has 9 heteroatoms. The highest BCUT2D eigenvalue weighted by atomic mass is 79.9. The summed E-state index contributed by atoms with van der Waals surface area (Å²) in [5.41, 5.74) is -3.00. The molecule has 3 N–H and O–H groups in total. The van der Waals surface area contributed by atoms with Crippen LogP contribution in [-0.2, 0) is 13.1 Å². The summed E-state index contributed by atoms with van der Waals surface area (Å²) in [4.78, 5) is 38.7. The van der Waals surface area contributed by atoms with E-state index in [1.165, 1.54) is 10.8 Å². The molecule has 1 aliphatic carbocycles. The van der Waals surface area contributed by atoms with Crippen LogP contribution in [0.5, 0.6) is 5.75 Å². The molecule has 0 saturated heterocycles. The van der Waals surface area contributed by atoms with Crippen LogP contribution in [0.2, 0.25) is 5.02 Å². The van der Waals surface area contributed by atoms with Gasteiger partial charge in [0.2, 0.25) is 5.43 Å². The average Bonchev–Trinajstić information content (AvgIpc) is 2.73. The number of pyridine rings is 1. The second-order valence-corrected chi connectivity index (χ2v) is 9.69. The van der Waals surface area contributed by atoms with E-state index in [1.807, 2.05) is 0 Å². The summed E-state index contributed by atoms with van der Waals surface area (Å²) in [5.74, 6) is -1.92. The zero-order valence-electron chi connectivity index (χ0n) is 16.9. The molecule has 1 aliphatic heterocycles. The van der Waals surface area contributed by atoms with Gasteiger partial charge >= 0.3 is 0 Å². The van der Waals surface area contributed by atoms with E-state index in [1.54, 1.807) is 25.1 Å². The Kier molecular flexibility index (Phi) is 5.52. The summed E-state index contributed by atoms with van der Waals surface area (Å²) >= 11 is 9.42. The highest BCUT2D eigenvalue weighted by Crippen LogP contribution is 2.50. The van der Waals surface area contributed by atoms with Gasteiger partial charge < -0.3 is 20.1 Å². The molecule has 1 fully saturated rings. The van der Waals surface area contributed by atoms with Crippen molar-refractivity contribution in [1.82, 2.24) is 9.88 Å². The standard InChI is InChI=1S/C22H22BrClN2O5/c1-21-7-2-3-8-22(21,31)11-26-10-13(17(27)18(28)16(26)19(21)29)20(30)25-9-12-5-4-6-14(24)15(12)23/h4-6,10,28,31H,2-3,7-9,11H2,1H3,(H,25,30)/t21-,22-/m0/s1. The van der Waals surface area contributed by atoms with E-state index in [2.05, 4.69) is 21.2 Å². The van der Waals surface area contributed by atoms with Crippen molar-refractivity contribution in [3.8, 4) is 5.75 Å². The Bertz CT molecular complexity index is 1160. The first-order valence-corrected chi connectivity index (χ1v) is 11.2. The van der Waals surface area contributed by atoms with E-state index in [9.17, 15) is 24.6 Å². The van der Waals surface area contributed by atoms with Crippen molar-refractivity contribution in [1.29, 1.82) is 0 Å². The first kappa shape index (κ1) is 22.0. The lowest BCUT2D eigenvalue weighted by atomic mass is 9.59. The second kappa shape index (κ2) is 7.76. The predicted octanol–water partition coefficient (Wildman–Crippen LogP) is 3.41. The number of nitrogens with zero attached hydrogens (tertiary/aromatic N) is 1. The Balaban J connectivity index is 1.69. The van der Waals surface area contributed by atoms with E-state index < -0.39 is 33.9 Å². The van der Waals surface area contributed by atoms with Gasteiger partial charge in [-0.15, -0.1) is 0 Å². The molecule has 0 bridgehead atoms. The maximum atomic E-state index is 13.2. The van der Waals surface area contributed by atoms with Crippen molar-refractivity contribution < 1.29 is 19.8 Å². The number of carbonyl (C=O) groups is 2. The quantitative estimate of drug-likeness (QED) is 0.588. The number of carbonyl (C=O) groups excluding carboxylic acids is 2. The van der Waals surface area contributed by atoms with Gasteiger partial charge in [0, 0.05) is 17.2 Å². The third-order valence-electron chi connectivity index (χ3n) is 6.66. The van der Waals surface area contributed by atoms with Crippen LogP contribution in [-0.4, -0.2) is 32.1 Å². The van der Waals surface area contributed by atoms with Gasteiger partial charge in [0.25, 0.3) is 5.91 Å². The molecule has 2 aromatic rings. The normalized spacial score (nSPS) is 25.0. The fourth-order valence-corrected chi connectivity index (χ4v) is 5.25. The highest BCUT2D eigenvalue weighted by molar-refractivity contribution is 9.10. The number of hydrogen-bond donors (Lipinski definition) is 3. The third-order valence-corrected chi connectivity index (χ3v) is 8.14. The van der Waals surface area contributed by atoms with Crippen LogP contribution >= 0.6 is 27.5 Å². The summed E-state index contributed by atoms with van der Waals surface area (Å²) in [6.45, 7) is 1.81. The molecular formula is C22H22BrClN2O5. The van der Waals surface area contributed by atoms with Gasteiger partial charge in [-0.2, -0.15) is 0 Å². The molecule has 0 unspecified atom stereocenters. The maximum Gasteiger partial charge on any atom is 0.257 e. The van der Waals surface area contributed by atoms with Crippen molar-refractivity contribution in [2.75, 3.05) is 0 Å². The summed E-state index contributed by atoms with van der Waals surface area (Å²) in [6.07, 6.45) is 3.74. The van der Waals surface area contributed by atoms with E-state index in [4.69, 9.17) is 11.6 Å². The van der Waals surface area contributed by atoms with Gasteiger partial charge in [-0.25, -0.2) is 0 Å². The minimum absolute atomic E-state index is 0.0263. The molecule has 31 heavy (non-hydrogen) atoms. The summed E-state index contributed by atoms with van der Waals surface area (Å²) < 4.78 is 1.97. The molecule has 7 nitrogen and oxygen atoms in total. The first-order valence-electron chi connectivity index (χ1n) is 10.0. The highest BCUT2D eigenvalue weighted by Gasteiger charge is 2.57. The molecule has 1 aromatic heterocycles. The zero-order valence-corrected chi connectivity index (χ0v) is 19.2. The van der Waals surface area contributed by atoms with Gasteiger partial charge in [-0.1, -0.05) is 36.6 Å². The maximum absolute atomic E-state index is 13.2. The SMILES string of the molecule is C[C@@]12CCCC[C@]1(O)Cn1cc(C(=O)NCc3cccc(Cl)c3Br)c(=O)c(O)c1C2=O. The predicted molar refractivity (Wildman–Crippen MR) is 119 cm³/mol. The van der Waals surface area contributed by atoms with Crippen LogP contribution in [0.4, 0.5) is 0 Å². The van der Waals surface area contributed by atoms with Crippen LogP contribution in [0.3, 0.4) is 0 Å². The molecule has 1 aromatic carbocycles. The number of aliphatic hydroxyl groups is 1. The summed E-state index contributed by atoms with van der Waals surface area (Å²) in [7, 11) is 0. The van der Waals surface area contributed by atoms with Crippen molar-refractivity contribution in [2.24, 2.45) is 5.41 Å². The number of aromatic hydroxyl groups is 1. The fraction of sp³-hybridized carbons (Fsp3) is 0.409. The smallest absolute Gasteiger partial charge is 0.257 e. The Morgan fingerprint density at radius 1 is 1.29 bits per heavy atom. The van der Waals surface area contributed by atoms with E-state index >= 15 is 0 Å². The number of ketones is 1. The minimum Gasteiger partial charge on any atom is -0.503 e. The van der Waals surface area contributed by atoms with Crippen LogP contribution in [0.25, 0.3) is 0 Å². The number of aromatic nitrogens is 1. The molecule has 2 atom stereocenters. The van der Waals surface area contributed by atoms with Crippen molar-refractivity contribution in [3.63, 3.8) is 0 Å². The number of hydrogen-bond acceptors (Lipinski definition) is 5. The van der Waals surface area contributed by atoms with Crippen molar-refractivity contribution >= 4 is 39.2 Å². The number of Topliss-reactive ketones (excluding diaryl/α,β-unsaturated/α-hetero) is 1. The summed E-state index contributed by atoms with van der Waals surface area (Å²) in [5, 5.41) is 24.9. The number of halogens is 2. The number of amides is 1. The first-order chi connectivity index (χ1) is 14.6. The molecule has 2 heterocycles. The lowest BCUT2D eigenvalue weighted by Crippen LogP contribution is -2.60. The molecule has 1 saturated carbocycles. The Morgan fingerprint density at radius 2 is 2.00 bits per heavy atom. The number of fused-ring (bicyclic) bond motifs is 2. The van der Waals surface area contributed by atoms with Crippen molar-refractivity contribution in [2.45, 2.75) is 51.3 Å². The number of rotatable bonds is 3. The summed E-state index contributed by atoms with van der Waals surface area (Å²) in [6, 6.07) is 5.21. The van der Waals surface area contributed by atoms with E-state index in [0.29, 0.717) is 27.9 Å². The van der Waals surface area contributed by atoms with Gasteiger partial charge in [0.05, 0.1) is 22.6 Å². The minimum atomic E-state index is -1.30. The Labute approximate surface area is 192 Å². The molecule has 0 spiro atoms. The molecule has 1 amide bonds. The fourth-order valence-electron chi connectivity index (χ4n) is 4.66. The second-order valence-electron chi connectivity index (χ2n) is 8.49. The van der Waals surface area contributed by atoms with Gasteiger partial charge in [-0.05, 0) is 47.3 Å². The third kappa shape index (κ3) is 3.41. The number of benzene rings is 1. The van der Waals surface area contributed by atoms with E-state index in [-0.39, 0.29) is 24.3 Å². The van der Waals surface area contributed by atoms with Gasteiger partial charge in [0.1, 0.15) is 11.3 Å². The van der Waals surface area contributed by atoms with Crippen LogP contribution in [0, 0.1) is 5.41 Å². The molecular weight excluding hydrogens is 488 g/mol.